The van der Waals surface area contributed by atoms with Gasteiger partial charge in [0.15, 0.2) is 0 Å². The van der Waals surface area contributed by atoms with E-state index in [0.717, 1.165) is 0 Å². The molecule has 5 N–H and O–H groups in total. The number of carboxylic acids is 1. The Morgan fingerprint density at radius 2 is 1.90 bits per heavy atom. The van der Waals surface area contributed by atoms with Gasteiger partial charge in [-0.2, -0.15) is 0 Å². The van der Waals surface area contributed by atoms with Crippen LogP contribution in [0.1, 0.15) is 24.2 Å². The molecule has 0 saturated carbocycles. The van der Waals surface area contributed by atoms with Gasteiger partial charge >= 0.3 is 12.0 Å². The monoisotopic (exact) mass is 279 g/mol. The molecule has 0 aliphatic heterocycles. The van der Waals surface area contributed by atoms with Gasteiger partial charge in [0.05, 0.1) is 5.92 Å². The van der Waals surface area contributed by atoms with Crippen molar-refractivity contribution in [2.75, 3.05) is 5.32 Å². The highest BCUT2D eigenvalue weighted by Crippen LogP contribution is 2.10. The molecular formula is C13H17N3O4. The molecule has 0 radical (unpaired) electrons. The van der Waals surface area contributed by atoms with Gasteiger partial charge in [-0.15, -0.1) is 0 Å². The van der Waals surface area contributed by atoms with Crippen LogP contribution in [0.25, 0.3) is 0 Å². The summed E-state index contributed by atoms with van der Waals surface area (Å²) in [6.45, 7) is 3.10. The largest absolute Gasteiger partial charge is 0.481 e. The topological polar surface area (TPSA) is 122 Å². The average Bonchev–Trinajstić information content (AvgIpc) is 2.37. The van der Waals surface area contributed by atoms with Gasteiger partial charge in [0.1, 0.15) is 0 Å². The minimum Gasteiger partial charge on any atom is -0.481 e. The molecule has 1 aromatic carbocycles. The lowest BCUT2D eigenvalue weighted by Gasteiger charge is -2.18. The quantitative estimate of drug-likeness (QED) is 0.642. The minimum atomic E-state index is -0.992. The molecular weight excluding hydrogens is 262 g/mol. The number of carbonyl (C=O) groups excluding carboxylic acids is 2. The van der Waals surface area contributed by atoms with Crippen molar-refractivity contribution in [1.82, 2.24) is 5.32 Å². The zero-order valence-corrected chi connectivity index (χ0v) is 11.2. The van der Waals surface area contributed by atoms with Crippen LogP contribution >= 0.6 is 0 Å². The standard InChI is InChI=1S/C13H17N3O4/c1-7(12(18)19)8(2)15-13(20)16-10-5-3-4-9(6-10)11(14)17/h3-8H,1-2H3,(H2,14,17)(H,18,19)(H2,15,16,20). The van der Waals surface area contributed by atoms with Crippen molar-refractivity contribution < 1.29 is 19.5 Å². The van der Waals surface area contributed by atoms with Crippen LogP contribution in [0.2, 0.25) is 0 Å². The Labute approximate surface area is 116 Å². The van der Waals surface area contributed by atoms with Gasteiger partial charge in [-0.1, -0.05) is 6.07 Å². The van der Waals surface area contributed by atoms with Crippen molar-refractivity contribution >= 4 is 23.6 Å². The molecule has 0 aliphatic rings. The second-order valence-corrected chi connectivity index (χ2v) is 4.46. The highest BCUT2D eigenvalue weighted by molar-refractivity contribution is 5.96. The lowest BCUT2D eigenvalue weighted by Crippen LogP contribution is -2.42. The number of hydrogen-bond acceptors (Lipinski definition) is 3. The van der Waals surface area contributed by atoms with Crippen molar-refractivity contribution in [3.8, 4) is 0 Å². The Bertz CT molecular complexity index is 530. The van der Waals surface area contributed by atoms with Crippen molar-refractivity contribution in [3.63, 3.8) is 0 Å². The van der Waals surface area contributed by atoms with Crippen molar-refractivity contribution in [3.05, 3.63) is 29.8 Å². The number of nitrogens with two attached hydrogens (primary N) is 1. The Morgan fingerprint density at radius 1 is 1.25 bits per heavy atom. The zero-order chi connectivity index (χ0) is 15.3. The summed E-state index contributed by atoms with van der Waals surface area (Å²) in [6, 6.07) is 5.06. The maximum absolute atomic E-state index is 11.7. The van der Waals surface area contributed by atoms with Crippen molar-refractivity contribution in [2.45, 2.75) is 19.9 Å². The Balaban J connectivity index is 2.65. The van der Waals surface area contributed by atoms with E-state index in [1.54, 1.807) is 19.1 Å². The molecule has 2 unspecified atom stereocenters. The number of amides is 3. The van der Waals surface area contributed by atoms with Gasteiger partial charge in [0.2, 0.25) is 5.91 Å². The normalized spacial score (nSPS) is 13.1. The maximum atomic E-state index is 11.7. The number of benzene rings is 1. The average molecular weight is 279 g/mol. The fraction of sp³-hybridized carbons (Fsp3) is 0.308. The third kappa shape index (κ3) is 4.27. The SMILES string of the molecule is CC(NC(=O)Nc1cccc(C(N)=O)c1)C(C)C(=O)O. The van der Waals surface area contributed by atoms with E-state index in [1.165, 1.54) is 19.1 Å². The summed E-state index contributed by atoms with van der Waals surface area (Å²) in [4.78, 5) is 33.5. The number of urea groups is 1. The number of primary amides is 1. The van der Waals surface area contributed by atoms with Crippen molar-refractivity contribution in [1.29, 1.82) is 0 Å². The first-order chi connectivity index (χ1) is 9.31. The van der Waals surface area contributed by atoms with Gasteiger partial charge in [0.25, 0.3) is 0 Å². The molecule has 0 aliphatic carbocycles. The van der Waals surface area contributed by atoms with Crippen LogP contribution in [-0.4, -0.2) is 29.1 Å². The number of carboxylic acid groups (broad SMARTS) is 1. The minimum absolute atomic E-state index is 0.273. The van der Waals surface area contributed by atoms with E-state index >= 15 is 0 Å². The van der Waals surface area contributed by atoms with Gasteiger partial charge in [-0.3, -0.25) is 9.59 Å². The number of aliphatic carboxylic acids is 1. The fourth-order valence-corrected chi connectivity index (χ4v) is 1.46. The summed E-state index contributed by atoms with van der Waals surface area (Å²) in [6.07, 6.45) is 0. The molecule has 0 fully saturated rings. The Hall–Kier alpha value is -2.57. The molecule has 1 aromatic rings. The van der Waals surface area contributed by atoms with E-state index in [0.29, 0.717) is 5.69 Å². The van der Waals surface area contributed by atoms with E-state index in [9.17, 15) is 14.4 Å². The molecule has 2 atom stereocenters. The molecule has 20 heavy (non-hydrogen) atoms. The third-order valence-corrected chi connectivity index (χ3v) is 2.90. The van der Waals surface area contributed by atoms with Crippen molar-refractivity contribution in [2.24, 2.45) is 11.7 Å². The number of nitrogens with one attached hydrogen (secondary N) is 2. The lowest BCUT2D eigenvalue weighted by molar-refractivity contribution is -0.141. The van der Waals surface area contributed by atoms with E-state index in [4.69, 9.17) is 10.8 Å². The molecule has 108 valence electrons. The summed E-state index contributed by atoms with van der Waals surface area (Å²) in [5.41, 5.74) is 5.80. The predicted octanol–water partition coefficient (Wildman–Crippen LogP) is 1.02. The van der Waals surface area contributed by atoms with Crippen LogP contribution in [0.5, 0.6) is 0 Å². The van der Waals surface area contributed by atoms with E-state index in [-0.39, 0.29) is 5.56 Å². The Kier molecular flexibility index (Phi) is 5.08. The zero-order valence-electron chi connectivity index (χ0n) is 11.2. The first-order valence-corrected chi connectivity index (χ1v) is 6.01. The predicted molar refractivity (Wildman–Crippen MR) is 73.4 cm³/mol. The molecule has 1 rings (SSSR count). The van der Waals surface area contributed by atoms with Crippen LogP contribution < -0.4 is 16.4 Å². The van der Waals surface area contributed by atoms with Crippen LogP contribution in [0.4, 0.5) is 10.5 Å². The molecule has 7 heteroatoms. The summed E-state index contributed by atoms with van der Waals surface area (Å²) in [5.74, 6) is -2.30. The van der Waals surface area contributed by atoms with E-state index in [2.05, 4.69) is 10.6 Å². The molecule has 3 amide bonds. The fourth-order valence-electron chi connectivity index (χ4n) is 1.46. The van der Waals surface area contributed by atoms with Crippen LogP contribution in [0, 0.1) is 5.92 Å². The molecule has 7 nitrogen and oxygen atoms in total. The molecule has 0 spiro atoms. The summed E-state index contributed by atoms with van der Waals surface area (Å²) in [5, 5.41) is 13.9. The number of carbonyl (C=O) groups is 3. The van der Waals surface area contributed by atoms with Crippen LogP contribution in [-0.2, 0) is 4.79 Å². The maximum Gasteiger partial charge on any atom is 0.319 e. The van der Waals surface area contributed by atoms with Crippen LogP contribution in [0.15, 0.2) is 24.3 Å². The summed E-state index contributed by atoms with van der Waals surface area (Å²) >= 11 is 0. The number of rotatable bonds is 5. The smallest absolute Gasteiger partial charge is 0.319 e. The highest BCUT2D eigenvalue weighted by atomic mass is 16.4. The second kappa shape index (κ2) is 6.55. The van der Waals surface area contributed by atoms with E-state index in [1.807, 2.05) is 0 Å². The van der Waals surface area contributed by atoms with Gasteiger partial charge in [-0.05, 0) is 32.0 Å². The molecule has 0 heterocycles. The summed E-state index contributed by atoms with van der Waals surface area (Å²) < 4.78 is 0. The van der Waals surface area contributed by atoms with Gasteiger partial charge < -0.3 is 21.5 Å². The number of anilines is 1. The van der Waals surface area contributed by atoms with Gasteiger partial charge in [0, 0.05) is 17.3 Å². The summed E-state index contributed by atoms with van der Waals surface area (Å²) in [7, 11) is 0. The second-order valence-electron chi connectivity index (χ2n) is 4.46. The van der Waals surface area contributed by atoms with Crippen LogP contribution in [0.3, 0.4) is 0 Å². The lowest BCUT2D eigenvalue weighted by atomic mass is 10.0. The Morgan fingerprint density at radius 3 is 2.45 bits per heavy atom. The van der Waals surface area contributed by atoms with Gasteiger partial charge in [-0.25, -0.2) is 4.79 Å². The first-order valence-electron chi connectivity index (χ1n) is 6.01. The number of hydrogen-bond donors (Lipinski definition) is 4. The van der Waals surface area contributed by atoms with E-state index < -0.39 is 29.9 Å². The highest BCUT2D eigenvalue weighted by Gasteiger charge is 2.20. The molecule has 0 saturated heterocycles. The molecule has 0 bridgehead atoms. The first kappa shape index (κ1) is 15.5. The third-order valence-electron chi connectivity index (χ3n) is 2.90. The molecule has 0 aromatic heterocycles.